The Bertz CT molecular complexity index is 3340. The topological polar surface area (TPSA) is 57.0 Å². The standard InChI is InChI=1S/C44H23N3O2/c1-2-10-26-25(9-1)29-13-7-16-33-39(29)41-34(21-22-37-42(41)40-30(26)14-8-18-36(40)49-37)47(33)44-45-32-15-5-3-12-31(32)43(46-44)24-19-20-28-27-11-4-6-17-35(27)48-38(28)23-24/h1-23H. The van der Waals surface area contributed by atoms with Crippen LogP contribution in [0.4, 0.5) is 0 Å². The van der Waals surface area contributed by atoms with Gasteiger partial charge in [-0.3, -0.25) is 4.57 Å². The highest BCUT2D eigenvalue weighted by Gasteiger charge is 2.24. The van der Waals surface area contributed by atoms with E-state index in [9.17, 15) is 0 Å². The number of hydrogen-bond acceptors (Lipinski definition) is 4. The maximum atomic E-state index is 6.55. The molecule has 0 aliphatic carbocycles. The third-order valence-electron chi connectivity index (χ3n) is 10.4. The first-order valence-electron chi connectivity index (χ1n) is 16.5. The van der Waals surface area contributed by atoms with Crippen LogP contribution in [0, 0.1) is 0 Å². The Hall–Kier alpha value is -6.72. The number of furan rings is 2. The molecule has 0 spiro atoms. The number of nitrogens with zero attached hydrogens (tertiary/aromatic N) is 3. The van der Waals surface area contributed by atoms with Gasteiger partial charge in [-0.25, -0.2) is 9.97 Å². The van der Waals surface area contributed by atoms with Crippen LogP contribution < -0.4 is 0 Å². The van der Waals surface area contributed by atoms with Crippen molar-refractivity contribution in [1.82, 2.24) is 14.5 Å². The maximum absolute atomic E-state index is 6.55. The number of hydrogen-bond donors (Lipinski definition) is 0. The summed E-state index contributed by atoms with van der Waals surface area (Å²) < 4.78 is 15.1. The van der Waals surface area contributed by atoms with Crippen molar-refractivity contribution in [3.63, 3.8) is 0 Å². The van der Waals surface area contributed by atoms with Gasteiger partial charge in [0.05, 0.1) is 22.2 Å². The zero-order chi connectivity index (χ0) is 31.8. The molecule has 5 nitrogen and oxygen atoms in total. The Balaban J connectivity index is 1.24. The van der Waals surface area contributed by atoms with E-state index >= 15 is 0 Å². The van der Waals surface area contributed by atoms with Gasteiger partial charge in [-0.2, -0.15) is 0 Å². The van der Waals surface area contributed by atoms with Gasteiger partial charge in [-0.05, 0) is 70.1 Å². The van der Waals surface area contributed by atoms with Crippen molar-refractivity contribution in [3.05, 3.63) is 140 Å². The molecule has 12 aromatic rings. The Morgan fingerprint density at radius 1 is 0.388 bits per heavy atom. The molecule has 0 fully saturated rings. The van der Waals surface area contributed by atoms with Crippen LogP contribution >= 0.6 is 0 Å². The van der Waals surface area contributed by atoms with E-state index in [1.165, 1.54) is 26.9 Å². The largest absolute Gasteiger partial charge is 0.456 e. The van der Waals surface area contributed by atoms with Gasteiger partial charge < -0.3 is 8.83 Å². The fourth-order valence-corrected chi connectivity index (χ4v) is 8.33. The van der Waals surface area contributed by atoms with Gasteiger partial charge in [0.2, 0.25) is 5.95 Å². The average Bonchev–Trinajstić information content (AvgIpc) is 3.82. The van der Waals surface area contributed by atoms with Crippen LogP contribution in [-0.4, -0.2) is 14.5 Å². The third-order valence-corrected chi connectivity index (χ3v) is 10.4. The van der Waals surface area contributed by atoms with Crippen molar-refractivity contribution < 1.29 is 8.83 Å². The first-order valence-corrected chi connectivity index (χ1v) is 16.5. The quantitative estimate of drug-likeness (QED) is 0.192. The summed E-state index contributed by atoms with van der Waals surface area (Å²) in [6.07, 6.45) is 0. The Kier molecular flexibility index (Phi) is 4.66. The van der Waals surface area contributed by atoms with E-state index < -0.39 is 0 Å². The minimum atomic E-state index is 0.621. The highest BCUT2D eigenvalue weighted by molar-refractivity contribution is 6.38. The van der Waals surface area contributed by atoms with Gasteiger partial charge in [0.15, 0.2) is 0 Å². The van der Waals surface area contributed by atoms with Crippen LogP contribution in [0.15, 0.2) is 148 Å². The van der Waals surface area contributed by atoms with E-state index in [2.05, 4.69) is 114 Å². The molecule has 49 heavy (non-hydrogen) atoms. The van der Waals surface area contributed by atoms with Gasteiger partial charge in [-0.1, -0.05) is 91.0 Å². The fourth-order valence-electron chi connectivity index (χ4n) is 8.33. The lowest BCUT2D eigenvalue weighted by molar-refractivity contribution is 0.669. The normalized spacial score (nSPS) is 12.5. The first-order chi connectivity index (χ1) is 24.3. The predicted octanol–water partition coefficient (Wildman–Crippen LogP) is 11.9. The molecule has 0 bridgehead atoms. The molecule has 4 heterocycles. The third kappa shape index (κ3) is 3.24. The molecule has 12 rings (SSSR count). The monoisotopic (exact) mass is 625 g/mol. The molecule has 0 atom stereocenters. The molecular weight excluding hydrogens is 603 g/mol. The number of benzene rings is 7. The summed E-state index contributed by atoms with van der Waals surface area (Å²) in [5, 5.41) is 12.6. The van der Waals surface area contributed by atoms with E-state index in [1.807, 2.05) is 30.3 Å². The van der Waals surface area contributed by atoms with Crippen LogP contribution in [0.5, 0.6) is 0 Å². The molecular formula is C44H23N3O2. The first kappa shape index (κ1) is 25.4. The van der Waals surface area contributed by atoms with E-state index in [1.54, 1.807) is 0 Å². The lowest BCUT2D eigenvalue weighted by Crippen LogP contribution is -2.03. The van der Waals surface area contributed by atoms with Gasteiger partial charge in [0, 0.05) is 43.3 Å². The number of fused-ring (bicyclic) bond motifs is 7. The van der Waals surface area contributed by atoms with Gasteiger partial charge in [-0.15, -0.1) is 0 Å². The zero-order valence-electron chi connectivity index (χ0n) is 25.9. The van der Waals surface area contributed by atoms with E-state index in [-0.39, 0.29) is 0 Å². The van der Waals surface area contributed by atoms with Crippen LogP contribution in [0.25, 0.3) is 115 Å². The second-order valence-electron chi connectivity index (χ2n) is 12.9. The Morgan fingerprint density at radius 2 is 1.02 bits per heavy atom. The summed E-state index contributed by atoms with van der Waals surface area (Å²) in [5.41, 5.74) is 8.30. The second-order valence-corrected chi connectivity index (χ2v) is 12.9. The van der Waals surface area contributed by atoms with Crippen LogP contribution in [0.2, 0.25) is 0 Å². The molecule has 0 amide bonds. The molecule has 4 aromatic heterocycles. The highest BCUT2D eigenvalue weighted by Crippen LogP contribution is 2.47. The van der Waals surface area contributed by atoms with E-state index in [0.717, 1.165) is 82.5 Å². The summed E-state index contributed by atoms with van der Waals surface area (Å²) >= 11 is 0. The van der Waals surface area contributed by atoms with Gasteiger partial charge >= 0.3 is 0 Å². The molecule has 0 unspecified atom stereocenters. The fraction of sp³-hybridized carbons (Fsp3) is 0. The van der Waals surface area contributed by atoms with Gasteiger partial charge in [0.25, 0.3) is 0 Å². The summed E-state index contributed by atoms with van der Waals surface area (Å²) in [4.78, 5) is 10.7. The molecule has 8 aromatic carbocycles. The highest BCUT2D eigenvalue weighted by atomic mass is 16.3. The Labute approximate surface area is 277 Å². The average molecular weight is 626 g/mol. The predicted molar refractivity (Wildman–Crippen MR) is 200 cm³/mol. The Morgan fingerprint density at radius 3 is 1.90 bits per heavy atom. The minimum Gasteiger partial charge on any atom is -0.456 e. The van der Waals surface area contributed by atoms with Crippen molar-refractivity contribution in [3.8, 4) is 17.2 Å². The van der Waals surface area contributed by atoms with Crippen molar-refractivity contribution in [2.24, 2.45) is 0 Å². The second kappa shape index (κ2) is 9.00. The van der Waals surface area contributed by atoms with Gasteiger partial charge in [0.1, 0.15) is 22.3 Å². The zero-order valence-corrected chi connectivity index (χ0v) is 25.9. The number of rotatable bonds is 2. The molecule has 5 heteroatoms. The summed E-state index contributed by atoms with van der Waals surface area (Å²) in [6, 6.07) is 48.8. The molecule has 0 saturated heterocycles. The lowest BCUT2D eigenvalue weighted by atomic mass is 9.95. The van der Waals surface area contributed by atoms with Crippen LogP contribution in [0.3, 0.4) is 0 Å². The SMILES string of the molecule is c1ccc2c(-c3ccc4c(c3)oc3ccccc34)nc(-n3c4cccc5c6ccccc6c6cccc7oc8ccc3c(c8c76)c54)nc2c1. The van der Waals surface area contributed by atoms with Crippen molar-refractivity contribution in [2.75, 3.05) is 0 Å². The molecule has 226 valence electrons. The molecule has 0 saturated carbocycles. The van der Waals surface area contributed by atoms with Crippen molar-refractivity contribution >= 4 is 98.1 Å². The summed E-state index contributed by atoms with van der Waals surface area (Å²) in [5.74, 6) is 0.621. The molecule has 0 aliphatic rings. The summed E-state index contributed by atoms with van der Waals surface area (Å²) in [7, 11) is 0. The van der Waals surface area contributed by atoms with Crippen LogP contribution in [0.1, 0.15) is 0 Å². The minimum absolute atomic E-state index is 0.621. The number of para-hydroxylation sites is 2. The van der Waals surface area contributed by atoms with Crippen molar-refractivity contribution in [2.45, 2.75) is 0 Å². The summed E-state index contributed by atoms with van der Waals surface area (Å²) in [6.45, 7) is 0. The van der Waals surface area contributed by atoms with Crippen molar-refractivity contribution in [1.29, 1.82) is 0 Å². The van der Waals surface area contributed by atoms with Crippen LogP contribution in [-0.2, 0) is 0 Å². The maximum Gasteiger partial charge on any atom is 0.235 e. The number of aromatic nitrogens is 3. The smallest absolute Gasteiger partial charge is 0.235 e. The lowest BCUT2D eigenvalue weighted by Gasteiger charge is -2.12. The molecule has 0 N–H and O–H groups in total. The molecule has 0 aliphatic heterocycles. The van der Waals surface area contributed by atoms with E-state index in [0.29, 0.717) is 5.95 Å². The van der Waals surface area contributed by atoms with E-state index in [4.69, 9.17) is 18.8 Å². The molecule has 0 radical (unpaired) electrons.